The number of nitrogens with zero attached hydrogens (tertiary/aromatic N) is 2. The molecule has 0 amide bonds. The van der Waals surface area contributed by atoms with E-state index in [1.54, 1.807) is 6.26 Å². The molecule has 1 aromatic carbocycles. The SMILES string of the molecule is CSc1nc(CCCOCc2ccccc2)cc(OS(=O)(=O)C(F)(F)F)n1. The molecule has 1 heterocycles. The number of rotatable bonds is 9. The standard InChI is InChI=1S/C16H17F3N2O4S2/c1-26-15-20-13(8-5-9-24-11-12-6-3-2-4-7-12)10-14(21-15)25-27(22,23)16(17,18)19/h2-4,6-7,10H,5,8-9,11H2,1H3. The van der Waals surface area contributed by atoms with Crippen LogP contribution in [0.2, 0.25) is 0 Å². The number of aryl methyl sites for hydroxylation is 1. The summed E-state index contributed by atoms with van der Waals surface area (Å²) < 4.78 is 69.2. The second-order valence-electron chi connectivity index (χ2n) is 5.31. The molecule has 27 heavy (non-hydrogen) atoms. The minimum Gasteiger partial charge on any atom is -0.377 e. The van der Waals surface area contributed by atoms with Crippen molar-refractivity contribution < 1.29 is 30.5 Å². The molecule has 0 aliphatic rings. The summed E-state index contributed by atoms with van der Waals surface area (Å²) in [6, 6.07) is 10.7. The minimum atomic E-state index is -5.78. The molecular weight excluding hydrogens is 405 g/mol. The van der Waals surface area contributed by atoms with Crippen LogP contribution in [-0.2, 0) is 27.9 Å². The molecule has 0 radical (unpaired) electrons. The first-order valence-electron chi connectivity index (χ1n) is 7.75. The van der Waals surface area contributed by atoms with Crippen molar-refractivity contribution in [2.24, 2.45) is 0 Å². The summed E-state index contributed by atoms with van der Waals surface area (Å²) in [7, 11) is -5.78. The van der Waals surface area contributed by atoms with Crippen molar-refractivity contribution in [3.8, 4) is 5.88 Å². The van der Waals surface area contributed by atoms with Gasteiger partial charge in [0, 0.05) is 18.4 Å². The highest BCUT2D eigenvalue weighted by Crippen LogP contribution is 2.27. The van der Waals surface area contributed by atoms with Crippen molar-refractivity contribution >= 4 is 21.9 Å². The topological polar surface area (TPSA) is 78.4 Å². The van der Waals surface area contributed by atoms with Gasteiger partial charge in [-0.3, -0.25) is 0 Å². The number of benzene rings is 1. The smallest absolute Gasteiger partial charge is 0.377 e. The highest BCUT2D eigenvalue weighted by molar-refractivity contribution is 7.98. The molecule has 11 heteroatoms. The molecule has 0 saturated heterocycles. The molecule has 0 N–H and O–H groups in total. The van der Waals surface area contributed by atoms with Gasteiger partial charge in [0.1, 0.15) is 0 Å². The van der Waals surface area contributed by atoms with Crippen LogP contribution in [0, 0.1) is 0 Å². The summed E-state index contributed by atoms with van der Waals surface area (Å²) >= 11 is 1.06. The number of ether oxygens (including phenoxy) is 1. The van der Waals surface area contributed by atoms with Crippen LogP contribution in [0.15, 0.2) is 41.6 Å². The van der Waals surface area contributed by atoms with Crippen LogP contribution in [0.4, 0.5) is 13.2 Å². The van der Waals surface area contributed by atoms with E-state index in [-0.39, 0.29) is 5.16 Å². The van der Waals surface area contributed by atoms with Crippen LogP contribution in [-0.4, -0.2) is 36.8 Å². The molecular formula is C16H17F3N2O4S2. The van der Waals surface area contributed by atoms with Gasteiger partial charge in [-0.1, -0.05) is 42.1 Å². The molecule has 2 rings (SSSR count). The molecule has 0 atom stereocenters. The van der Waals surface area contributed by atoms with E-state index in [2.05, 4.69) is 14.2 Å². The third kappa shape index (κ3) is 6.67. The zero-order valence-corrected chi connectivity index (χ0v) is 15.9. The molecule has 0 fully saturated rings. The zero-order valence-electron chi connectivity index (χ0n) is 14.3. The van der Waals surface area contributed by atoms with Gasteiger partial charge >= 0.3 is 15.6 Å². The minimum absolute atomic E-state index is 0.116. The van der Waals surface area contributed by atoms with Gasteiger partial charge in [-0.25, -0.2) is 4.98 Å². The number of thioether (sulfide) groups is 1. The fourth-order valence-electron chi connectivity index (χ4n) is 1.99. The summed E-state index contributed by atoms with van der Waals surface area (Å²) in [6.45, 7) is 0.851. The van der Waals surface area contributed by atoms with Gasteiger partial charge in [0.15, 0.2) is 5.16 Å². The Morgan fingerprint density at radius 3 is 2.48 bits per heavy atom. The summed E-state index contributed by atoms with van der Waals surface area (Å²) in [5.41, 5.74) is -4.13. The first-order valence-corrected chi connectivity index (χ1v) is 10.4. The first kappa shape index (κ1) is 21.5. The lowest BCUT2D eigenvalue weighted by molar-refractivity contribution is -0.0501. The van der Waals surface area contributed by atoms with E-state index in [0.29, 0.717) is 31.7 Å². The van der Waals surface area contributed by atoms with Crippen molar-refractivity contribution in [1.29, 1.82) is 0 Å². The Morgan fingerprint density at radius 1 is 1.15 bits per heavy atom. The maximum absolute atomic E-state index is 12.5. The van der Waals surface area contributed by atoms with Gasteiger partial charge in [-0.05, 0) is 24.7 Å². The summed E-state index contributed by atoms with van der Waals surface area (Å²) in [5.74, 6) is -0.660. The van der Waals surface area contributed by atoms with Crippen LogP contribution in [0.1, 0.15) is 17.7 Å². The largest absolute Gasteiger partial charge is 0.534 e. The monoisotopic (exact) mass is 422 g/mol. The van der Waals surface area contributed by atoms with Gasteiger partial charge in [0.2, 0.25) is 5.88 Å². The quantitative estimate of drug-likeness (QED) is 0.201. The van der Waals surface area contributed by atoms with Gasteiger partial charge in [0.25, 0.3) is 0 Å². The van der Waals surface area contributed by atoms with E-state index in [0.717, 1.165) is 23.4 Å². The van der Waals surface area contributed by atoms with Crippen molar-refractivity contribution in [2.45, 2.75) is 30.1 Å². The van der Waals surface area contributed by atoms with Gasteiger partial charge < -0.3 is 8.92 Å². The molecule has 1 aromatic heterocycles. The predicted molar refractivity (Wildman–Crippen MR) is 93.8 cm³/mol. The lowest BCUT2D eigenvalue weighted by Crippen LogP contribution is -2.28. The molecule has 0 spiro atoms. The van der Waals surface area contributed by atoms with Gasteiger partial charge in [-0.15, -0.1) is 0 Å². The molecule has 0 aliphatic carbocycles. The lowest BCUT2D eigenvalue weighted by atomic mass is 10.2. The second-order valence-corrected chi connectivity index (χ2v) is 7.62. The Balaban J connectivity index is 1.94. The van der Waals surface area contributed by atoms with Gasteiger partial charge in [-0.2, -0.15) is 26.6 Å². The number of alkyl halides is 3. The Morgan fingerprint density at radius 2 is 1.85 bits per heavy atom. The number of hydrogen-bond donors (Lipinski definition) is 0. The number of aromatic nitrogens is 2. The average molecular weight is 422 g/mol. The van der Waals surface area contributed by atoms with Crippen molar-refractivity contribution in [1.82, 2.24) is 9.97 Å². The summed E-state index contributed by atoms with van der Waals surface area (Å²) in [4.78, 5) is 7.79. The molecule has 0 aliphatic heterocycles. The first-order chi connectivity index (χ1) is 12.7. The molecule has 6 nitrogen and oxygen atoms in total. The number of hydrogen-bond acceptors (Lipinski definition) is 7. The lowest BCUT2D eigenvalue weighted by Gasteiger charge is -2.10. The molecule has 0 unspecified atom stereocenters. The highest BCUT2D eigenvalue weighted by atomic mass is 32.2. The van der Waals surface area contributed by atoms with Crippen LogP contribution in [0.25, 0.3) is 0 Å². The Kier molecular flexibility index (Phi) is 7.45. The second kappa shape index (κ2) is 9.38. The van der Waals surface area contributed by atoms with E-state index in [4.69, 9.17) is 4.74 Å². The maximum atomic E-state index is 12.5. The summed E-state index contributed by atoms with van der Waals surface area (Å²) in [5, 5.41) is 0.116. The Labute approximate surface area is 159 Å². The fraction of sp³-hybridized carbons (Fsp3) is 0.375. The van der Waals surface area contributed by atoms with E-state index in [9.17, 15) is 21.6 Å². The van der Waals surface area contributed by atoms with Crippen LogP contribution < -0.4 is 4.18 Å². The van der Waals surface area contributed by atoms with Crippen molar-refractivity contribution in [3.05, 3.63) is 47.7 Å². The van der Waals surface area contributed by atoms with Crippen molar-refractivity contribution in [2.75, 3.05) is 12.9 Å². The third-order valence-electron chi connectivity index (χ3n) is 3.23. The van der Waals surface area contributed by atoms with Crippen LogP contribution in [0.5, 0.6) is 5.88 Å². The molecule has 0 bridgehead atoms. The van der Waals surface area contributed by atoms with E-state index < -0.39 is 21.5 Å². The Bertz CT molecular complexity index is 846. The summed E-state index contributed by atoms with van der Waals surface area (Å²) in [6.07, 6.45) is 2.53. The van der Waals surface area contributed by atoms with Crippen LogP contribution in [0.3, 0.4) is 0 Å². The third-order valence-corrected chi connectivity index (χ3v) is 4.73. The van der Waals surface area contributed by atoms with Crippen LogP contribution >= 0.6 is 11.8 Å². The normalized spacial score (nSPS) is 12.1. The molecule has 148 valence electrons. The predicted octanol–water partition coefficient (Wildman–Crippen LogP) is 3.58. The van der Waals surface area contributed by atoms with E-state index in [1.165, 1.54) is 0 Å². The average Bonchev–Trinajstić information content (AvgIpc) is 2.60. The molecule has 0 saturated carbocycles. The van der Waals surface area contributed by atoms with Crippen molar-refractivity contribution in [3.63, 3.8) is 0 Å². The maximum Gasteiger partial charge on any atom is 0.534 e. The fourth-order valence-corrected chi connectivity index (χ4v) is 2.78. The zero-order chi connectivity index (χ0) is 19.9. The number of halogens is 3. The van der Waals surface area contributed by atoms with Gasteiger partial charge in [0.05, 0.1) is 6.61 Å². The highest BCUT2D eigenvalue weighted by Gasteiger charge is 2.48. The van der Waals surface area contributed by atoms with E-state index in [1.807, 2.05) is 30.3 Å². The molecule has 2 aromatic rings. The Hall–Kier alpha value is -1.85. The van der Waals surface area contributed by atoms with E-state index >= 15 is 0 Å².